The number of ether oxygens (including phenoxy) is 1. The van der Waals surface area contributed by atoms with Crippen LogP contribution in [0.25, 0.3) is 0 Å². The smallest absolute Gasteiger partial charge is 0.119 e. The molecular formula is C12H13N3O. The molecule has 0 aliphatic carbocycles. The van der Waals surface area contributed by atoms with Gasteiger partial charge in [-0.2, -0.15) is 5.10 Å². The van der Waals surface area contributed by atoms with Gasteiger partial charge in [-0.1, -0.05) is 6.07 Å². The highest BCUT2D eigenvalue weighted by Gasteiger charge is 2.24. The van der Waals surface area contributed by atoms with E-state index in [1.807, 2.05) is 12.1 Å². The lowest BCUT2D eigenvalue weighted by Crippen LogP contribution is -2.13. The fourth-order valence-electron chi connectivity index (χ4n) is 2.11. The number of aromatic amines is 1. The van der Waals surface area contributed by atoms with E-state index < -0.39 is 7.04 Å². The summed E-state index contributed by atoms with van der Waals surface area (Å²) in [4.78, 5) is 0. The summed E-state index contributed by atoms with van der Waals surface area (Å²) in [5.41, 5.74) is 3.15. The molecule has 4 heteroatoms. The highest BCUT2D eigenvalue weighted by atomic mass is 16.5. The van der Waals surface area contributed by atoms with Gasteiger partial charge in [-0.05, 0) is 29.3 Å². The number of nitrogens with one attached hydrogen (secondary N) is 2. The summed E-state index contributed by atoms with van der Waals surface area (Å²) in [6, 6.07) is 7.33. The zero-order chi connectivity index (χ0) is 13.5. The Kier molecular flexibility index (Phi) is 1.53. The van der Waals surface area contributed by atoms with E-state index in [0.29, 0.717) is 12.3 Å². The summed E-state index contributed by atoms with van der Waals surface area (Å²) in [5, 5.41) is 10.2. The van der Waals surface area contributed by atoms with Crippen LogP contribution < -0.4 is 10.1 Å². The van der Waals surface area contributed by atoms with Gasteiger partial charge in [-0.25, -0.2) is 0 Å². The summed E-state index contributed by atoms with van der Waals surface area (Å²) in [7, 11) is -2.41. The number of benzene rings is 1. The van der Waals surface area contributed by atoms with Crippen LogP contribution in [0, 0.1) is 0 Å². The lowest BCUT2D eigenvalue weighted by atomic mass is 10.0. The molecule has 1 aromatic carbocycles. The highest BCUT2D eigenvalue weighted by molar-refractivity contribution is 5.43. The third kappa shape index (κ3) is 1.39. The van der Waals surface area contributed by atoms with Gasteiger partial charge in [0.2, 0.25) is 0 Å². The molecule has 0 bridgehead atoms. The third-order valence-corrected chi connectivity index (χ3v) is 2.87. The molecule has 0 saturated carbocycles. The molecule has 0 fully saturated rings. The van der Waals surface area contributed by atoms with Crippen molar-refractivity contribution in [3.8, 4) is 5.75 Å². The molecular weight excluding hydrogens is 202 g/mol. The Morgan fingerprint density at radius 3 is 3.31 bits per heavy atom. The Balaban J connectivity index is 1.88. The van der Waals surface area contributed by atoms with Crippen molar-refractivity contribution in [2.24, 2.45) is 0 Å². The number of H-pyrrole nitrogens is 1. The van der Waals surface area contributed by atoms with Gasteiger partial charge in [0.05, 0.1) is 22.9 Å². The van der Waals surface area contributed by atoms with Crippen LogP contribution in [0.4, 0.5) is 0 Å². The summed E-state index contributed by atoms with van der Waals surface area (Å²) < 4.78 is 26.2. The first-order valence-electron chi connectivity index (χ1n) is 6.57. The normalized spacial score (nSPS) is 22.0. The van der Waals surface area contributed by atoms with Gasteiger partial charge < -0.3 is 10.1 Å². The van der Waals surface area contributed by atoms with Gasteiger partial charge in [-0.3, -0.25) is 5.10 Å². The van der Waals surface area contributed by atoms with Crippen molar-refractivity contribution in [1.82, 2.24) is 15.5 Å². The van der Waals surface area contributed by atoms with E-state index in [0.717, 1.165) is 16.8 Å². The molecule has 1 aromatic heterocycles. The molecule has 16 heavy (non-hydrogen) atoms. The monoisotopic (exact) mass is 218 g/mol. The van der Waals surface area contributed by atoms with Crippen molar-refractivity contribution < 1.29 is 8.85 Å². The predicted octanol–water partition coefficient (Wildman–Crippen LogP) is 1.61. The lowest BCUT2D eigenvalue weighted by molar-refractivity contribution is 0.414. The standard InChI is InChI=1S/C12H13N3O/c1-16-9-2-3-10-8(6-9)7-13-12(10)11-4-5-14-15-11/h2-6,12-13H,7H2,1H3,(H,14,15)/i1D3. The maximum absolute atomic E-state index is 7.10. The summed E-state index contributed by atoms with van der Waals surface area (Å²) in [5.74, 6) is 0.366. The van der Waals surface area contributed by atoms with Gasteiger partial charge in [-0.15, -0.1) is 0 Å². The molecule has 1 aliphatic rings. The number of hydrogen-bond donors (Lipinski definition) is 2. The molecule has 1 unspecified atom stereocenters. The van der Waals surface area contributed by atoms with Gasteiger partial charge in [0.1, 0.15) is 5.75 Å². The number of rotatable bonds is 2. The lowest BCUT2D eigenvalue weighted by Gasteiger charge is -2.09. The molecule has 0 amide bonds. The van der Waals surface area contributed by atoms with Gasteiger partial charge in [0, 0.05) is 12.7 Å². The van der Waals surface area contributed by atoms with Crippen molar-refractivity contribution in [3.05, 3.63) is 47.3 Å². The fourth-order valence-corrected chi connectivity index (χ4v) is 2.11. The number of nitrogens with zero attached hydrogens (tertiary/aromatic N) is 1. The predicted molar refractivity (Wildman–Crippen MR) is 60.3 cm³/mol. The molecule has 1 atom stereocenters. The molecule has 2 N–H and O–H groups in total. The minimum Gasteiger partial charge on any atom is -0.497 e. The van der Waals surface area contributed by atoms with Crippen LogP contribution in [-0.4, -0.2) is 17.2 Å². The Bertz CT molecular complexity index is 580. The third-order valence-electron chi connectivity index (χ3n) is 2.87. The average molecular weight is 218 g/mol. The molecule has 2 heterocycles. The van der Waals surface area contributed by atoms with Crippen LogP contribution in [0.1, 0.15) is 27.0 Å². The van der Waals surface area contributed by atoms with E-state index in [1.54, 1.807) is 18.3 Å². The first-order chi connectivity index (χ1) is 9.03. The molecule has 0 saturated heterocycles. The Hall–Kier alpha value is -1.81. The molecule has 0 spiro atoms. The topological polar surface area (TPSA) is 49.9 Å². The van der Waals surface area contributed by atoms with Gasteiger partial charge in [0.25, 0.3) is 0 Å². The highest BCUT2D eigenvalue weighted by Crippen LogP contribution is 2.31. The van der Waals surface area contributed by atoms with Crippen LogP contribution in [0.15, 0.2) is 30.5 Å². The summed E-state index contributed by atoms with van der Waals surface area (Å²) in [6.07, 6.45) is 1.71. The van der Waals surface area contributed by atoms with E-state index >= 15 is 0 Å². The number of methoxy groups -OCH3 is 1. The Morgan fingerprint density at radius 2 is 2.50 bits per heavy atom. The van der Waals surface area contributed by atoms with Crippen LogP contribution >= 0.6 is 0 Å². The molecule has 82 valence electrons. The van der Waals surface area contributed by atoms with Crippen LogP contribution in [0.2, 0.25) is 0 Å². The first kappa shape index (κ1) is 6.70. The van der Waals surface area contributed by atoms with E-state index in [-0.39, 0.29) is 6.04 Å². The fraction of sp³-hybridized carbons (Fsp3) is 0.250. The second kappa shape index (κ2) is 3.64. The van der Waals surface area contributed by atoms with E-state index in [9.17, 15) is 0 Å². The number of fused-ring (bicyclic) bond motifs is 1. The number of aromatic nitrogens is 2. The average Bonchev–Trinajstić information content (AvgIpc) is 2.93. The summed E-state index contributed by atoms with van der Waals surface area (Å²) >= 11 is 0. The van der Waals surface area contributed by atoms with E-state index in [2.05, 4.69) is 15.5 Å². The zero-order valence-corrected chi connectivity index (χ0v) is 8.53. The second-order valence-electron chi connectivity index (χ2n) is 3.79. The van der Waals surface area contributed by atoms with E-state index in [4.69, 9.17) is 8.85 Å². The quantitative estimate of drug-likeness (QED) is 0.805. The Morgan fingerprint density at radius 1 is 1.50 bits per heavy atom. The maximum atomic E-state index is 7.10. The van der Waals surface area contributed by atoms with Gasteiger partial charge in [0.15, 0.2) is 0 Å². The van der Waals surface area contributed by atoms with Crippen LogP contribution in [0.5, 0.6) is 5.75 Å². The molecule has 2 aromatic rings. The van der Waals surface area contributed by atoms with Crippen molar-refractivity contribution in [2.75, 3.05) is 7.04 Å². The van der Waals surface area contributed by atoms with Crippen molar-refractivity contribution in [2.45, 2.75) is 12.6 Å². The minimum atomic E-state index is -2.41. The van der Waals surface area contributed by atoms with Crippen molar-refractivity contribution in [3.63, 3.8) is 0 Å². The largest absolute Gasteiger partial charge is 0.497 e. The van der Waals surface area contributed by atoms with E-state index in [1.165, 1.54) is 0 Å². The zero-order valence-electron chi connectivity index (χ0n) is 11.5. The number of hydrogen-bond acceptors (Lipinski definition) is 3. The first-order valence-corrected chi connectivity index (χ1v) is 5.07. The molecule has 0 radical (unpaired) electrons. The minimum absolute atomic E-state index is 0.0688. The van der Waals surface area contributed by atoms with Crippen molar-refractivity contribution >= 4 is 0 Å². The Labute approximate surface area is 97.9 Å². The van der Waals surface area contributed by atoms with Crippen LogP contribution in [0.3, 0.4) is 0 Å². The van der Waals surface area contributed by atoms with Crippen LogP contribution in [-0.2, 0) is 6.54 Å². The van der Waals surface area contributed by atoms with Crippen molar-refractivity contribution in [1.29, 1.82) is 0 Å². The second-order valence-corrected chi connectivity index (χ2v) is 3.79. The summed E-state index contributed by atoms with van der Waals surface area (Å²) in [6.45, 7) is 0.678. The van der Waals surface area contributed by atoms with Gasteiger partial charge >= 0.3 is 0 Å². The maximum Gasteiger partial charge on any atom is 0.119 e. The molecule has 4 nitrogen and oxygen atoms in total. The molecule has 1 aliphatic heterocycles. The molecule has 3 rings (SSSR count). The SMILES string of the molecule is [2H]C([2H])([2H])Oc1ccc2c(c1)CNC2c1ccn[nH]1.